The Bertz CT molecular complexity index is 381. The van der Waals surface area contributed by atoms with Crippen LogP contribution in [0, 0.1) is 0 Å². The van der Waals surface area contributed by atoms with Gasteiger partial charge >= 0.3 is 0 Å². The number of nitrogens with two attached hydrogens (primary N) is 1. The van der Waals surface area contributed by atoms with Crippen molar-refractivity contribution in [3.05, 3.63) is 29.3 Å². The van der Waals surface area contributed by atoms with E-state index in [0.29, 0.717) is 22.1 Å². The molecule has 3 N–H and O–H groups in total. The van der Waals surface area contributed by atoms with Crippen molar-refractivity contribution >= 4 is 40.4 Å². The van der Waals surface area contributed by atoms with Gasteiger partial charge in [-0.3, -0.25) is 4.79 Å². The number of hydrogen-bond acceptors (Lipinski definition) is 2. The number of nitrogens with one attached hydrogen (secondary N) is 1. The van der Waals surface area contributed by atoms with Crippen molar-refractivity contribution in [2.24, 2.45) is 5.73 Å². The largest absolute Gasteiger partial charge is 0.393 e. The Morgan fingerprint density at radius 1 is 1.40 bits per heavy atom. The molecule has 0 heterocycles. The normalized spacial score (nSPS) is 9.67. The van der Waals surface area contributed by atoms with Gasteiger partial charge in [0.05, 0.1) is 15.7 Å². The number of anilines is 1. The third-order valence-electron chi connectivity index (χ3n) is 1.75. The fourth-order valence-corrected chi connectivity index (χ4v) is 1.30. The molecule has 5 heteroatoms. The minimum atomic E-state index is -0.143. The highest BCUT2D eigenvalue weighted by Crippen LogP contribution is 2.20. The molecule has 0 unspecified atom stereocenters. The van der Waals surface area contributed by atoms with Gasteiger partial charge in [-0.1, -0.05) is 36.0 Å². The Morgan fingerprint density at radius 2 is 2.07 bits per heavy atom. The predicted molar refractivity (Wildman–Crippen MR) is 66.1 cm³/mol. The van der Waals surface area contributed by atoms with Crippen LogP contribution in [0.4, 0.5) is 5.69 Å². The first kappa shape index (κ1) is 11.9. The second kappa shape index (κ2) is 5.68. The zero-order valence-corrected chi connectivity index (χ0v) is 9.57. The lowest BCUT2D eigenvalue weighted by Gasteiger charge is -2.06. The van der Waals surface area contributed by atoms with Crippen molar-refractivity contribution in [1.29, 1.82) is 0 Å². The molecule has 0 atom stereocenters. The van der Waals surface area contributed by atoms with E-state index in [1.165, 1.54) is 0 Å². The number of halogens is 1. The van der Waals surface area contributed by atoms with Gasteiger partial charge in [-0.25, -0.2) is 0 Å². The molecule has 0 fully saturated rings. The second-order valence-corrected chi connectivity index (χ2v) is 3.93. The Labute approximate surface area is 98.6 Å². The van der Waals surface area contributed by atoms with E-state index in [4.69, 9.17) is 17.3 Å². The van der Waals surface area contributed by atoms with Crippen LogP contribution in [0.2, 0.25) is 5.02 Å². The van der Waals surface area contributed by atoms with E-state index in [1.807, 2.05) is 0 Å². The smallest absolute Gasteiger partial charge is 0.224 e. The van der Waals surface area contributed by atoms with Gasteiger partial charge in [0.25, 0.3) is 0 Å². The maximum Gasteiger partial charge on any atom is 0.224 e. The average molecular weight is 243 g/mol. The molecular formula is C10H11ClN2OS. The molecule has 15 heavy (non-hydrogen) atoms. The van der Waals surface area contributed by atoms with Crippen molar-refractivity contribution in [2.45, 2.75) is 12.8 Å². The molecule has 1 aromatic rings. The summed E-state index contributed by atoms with van der Waals surface area (Å²) in [4.78, 5) is 11.7. The van der Waals surface area contributed by atoms with E-state index < -0.39 is 0 Å². The highest BCUT2D eigenvalue weighted by atomic mass is 35.5. The van der Waals surface area contributed by atoms with Gasteiger partial charge in [-0.15, -0.1) is 0 Å². The summed E-state index contributed by atoms with van der Waals surface area (Å²) in [5, 5.41) is 3.19. The van der Waals surface area contributed by atoms with Crippen LogP contribution in [-0.4, -0.2) is 10.9 Å². The van der Waals surface area contributed by atoms with Crippen LogP contribution < -0.4 is 11.1 Å². The lowest BCUT2D eigenvalue weighted by Crippen LogP contribution is -2.16. The lowest BCUT2D eigenvalue weighted by molar-refractivity contribution is -0.116. The Morgan fingerprint density at radius 3 is 2.67 bits per heavy atom. The van der Waals surface area contributed by atoms with Gasteiger partial charge in [0.1, 0.15) is 0 Å². The number of rotatable bonds is 4. The molecule has 80 valence electrons. The minimum Gasteiger partial charge on any atom is -0.393 e. The molecule has 0 radical (unpaired) electrons. The minimum absolute atomic E-state index is 0.143. The van der Waals surface area contributed by atoms with E-state index in [0.717, 1.165) is 0 Å². The summed E-state index contributed by atoms with van der Waals surface area (Å²) in [6.07, 6.45) is 0.687. The van der Waals surface area contributed by atoms with Gasteiger partial charge in [-0.05, 0) is 12.1 Å². The molecule has 1 amide bonds. The van der Waals surface area contributed by atoms with E-state index >= 15 is 0 Å². The molecule has 0 spiro atoms. The summed E-state index contributed by atoms with van der Waals surface area (Å²) in [5.41, 5.74) is 5.89. The fourth-order valence-electron chi connectivity index (χ4n) is 1.01. The molecule has 0 saturated carbocycles. The molecule has 0 saturated heterocycles. The van der Waals surface area contributed by atoms with E-state index in [9.17, 15) is 4.79 Å². The number of para-hydroxylation sites is 1. The van der Waals surface area contributed by atoms with Gasteiger partial charge in [0, 0.05) is 12.8 Å². The topological polar surface area (TPSA) is 55.1 Å². The van der Waals surface area contributed by atoms with Gasteiger partial charge in [0.15, 0.2) is 0 Å². The summed E-state index contributed by atoms with van der Waals surface area (Å²) in [6.45, 7) is 0. The van der Waals surface area contributed by atoms with Crippen LogP contribution in [0.15, 0.2) is 24.3 Å². The SMILES string of the molecule is NC(=S)CCC(=O)Nc1ccccc1Cl. The van der Waals surface area contributed by atoms with Gasteiger partial charge in [-0.2, -0.15) is 0 Å². The van der Waals surface area contributed by atoms with Crippen molar-refractivity contribution < 1.29 is 4.79 Å². The summed E-state index contributed by atoms with van der Waals surface area (Å²) >= 11 is 10.5. The molecule has 1 rings (SSSR count). The fraction of sp³-hybridized carbons (Fsp3) is 0.200. The number of benzene rings is 1. The summed E-state index contributed by atoms with van der Waals surface area (Å²) in [6, 6.07) is 7.05. The molecule has 0 aromatic heterocycles. The number of amides is 1. The van der Waals surface area contributed by atoms with Crippen molar-refractivity contribution in [3.63, 3.8) is 0 Å². The quantitative estimate of drug-likeness (QED) is 0.797. The number of carbonyl (C=O) groups excluding carboxylic acids is 1. The molecule has 3 nitrogen and oxygen atoms in total. The van der Waals surface area contributed by atoms with Crippen LogP contribution in [0.25, 0.3) is 0 Å². The van der Waals surface area contributed by atoms with Gasteiger partial charge in [0.2, 0.25) is 5.91 Å². The van der Waals surface area contributed by atoms with Crippen LogP contribution in [-0.2, 0) is 4.79 Å². The van der Waals surface area contributed by atoms with E-state index in [1.54, 1.807) is 24.3 Å². The van der Waals surface area contributed by atoms with Crippen LogP contribution in [0.3, 0.4) is 0 Å². The van der Waals surface area contributed by atoms with Crippen LogP contribution in [0.1, 0.15) is 12.8 Å². The molecular weight excluding hydrogens is 232 g/mol. The van der Waals surface area contributed by atoms with Crippen LogP contribution >= 0.6 is 23.8 Å². The second-order valence-electron chi connectivity index (χ2n) is 2.99. The lowest BCUT2D eigenvalue weighted by atomic mass is 10.2. The number of carbonyl (C=O) groups is 1. The number of hydrogen-bond donors (Lipinski definition) is 2. The summed E-state index contributed by atoms with van der Waals surface area (Å²) < 4.78 is 0. The third kappa shape index (κ3) is 4.27. The molecule has 0 aliphatic rings. The molecule has 1 aromatic carbocycles. The zero-order chi connectivity index (χ0) is 11.3. The summed E-state index contributed by atoms with van der Waals surface area (Å²) in [7, 11) is 0. The maximum atomic E-state index is 11.4. The van der Waals surface area contributed by atoms with Gasteiger partial charge < -0.3 is 11.1 Å². The summed E-state index contributed by atoms with van der Waals surface area (Å²) in [5.74, 6) is -0.143. The van der Waals surface area contributed by atoms with Crippen molar-refractivity contribution in [2.75, 3.05) is 5.32 Å². The Balaban J connectivity index is 2.52. The standard InChI is InChI=1S/C10H11ClN2OS/c11-7-3-1-2-4-8(7)13-10(14)6-5-9(12)15/h1-4H,5-6H2,(H2,12,15)(H,13,14). The Kier molecular flexibility index (Phi) is 4.52. The molecule has 0 aliphatic carbocycles. The average Bonchev–Trinajstić information content (AvgIpc) is 2.18. The van der Waals surface area contributed by atoms with Crippen LogP contribution in [0.5, 0.6) is 0 Å². The molecule has 0 aliphatic heterocycles. The first-order chi connectivity index (χ1) is 7.09. The third-order valence-corrected chi connectivity index (χ3v) is 2.28. The predicted octanol–water partition coefficient (Wildman–Crippen LogP) is 2.34. The molecule has 0 bridgehead atoms. The van der Waals surface area contributed by atoms with E-state index in [-0.39, 0.29) is 12.3 Å². The van der Waals surface area contributed by atoms with E-state index in [2.05, 4.69) is 17.5 Å². The van der Waals surface area contributed by atoms with Crippen molar-refractivity contribution in [1.82, 2.24) is 0 Å². The first-order valence-electron chi connectivity index (χ1n) is 4.42. The first-order valence-corrected chi connectivity index (χ1v) is 5.21. The highest BCUT2D eigenvalue weighted by molar-refractivity contribution is 7.80. The maximum absolute atomic E-state index is 11.4. The zero-order valence-electron chi connectivity index (χ0n) is 8.00. The number of thiocarbonyl (C=S) groups is 1. The monoisotopic (exact) mass is 242 g/mol. The van der Waals surface area contributed by atoms with Crippen molar-refractivity contribution in [3.8, 4) is 0 Å². The Hall–Kier alpha value is -1.13. The highest BCUT2D eigenvalue weighted by Gasteiger charge is 2.05.